The van der Waals surface area contributed by atoms with E-state index >= 15 is 0 Å². The van der Waals surface area contributed by atoms with E-state index in [0.717, 1.165) is 6.54 Å². The molecule has 126 valence electrons. The summed E-state index contributed by atoms with van der Waals surface area (Å²) >= 11 is 1.79. The van der Waals surface area contributed by atoms with Gasteiger partial charge in [0.2, 0.25) is 11.8 Å². The van der Waals surface area contributed by atoms with E-state index in [1.807, 2.05) is 6.92 Å². The lowest BCUT2D eigenvalue weighted by Gasteiger charge is -2.33. The van der Waals surface area contributed by atoms with Crippen LogP contribution in [0.1, 0.15) is 24.6 Å². The van der Waals surface area contributed by atoms with Gasteiger partial charge in [0.15, 0.2) is 0 Å². The van der Waals surface area contributed by atoms with Crippen molar-refractivity contribution in [3.8, 4) is 0 Å². The van der Waals surface area contributed by atoms with Gasteiger partial charge in [0.1, 0.15) is 12.1 Å². The van der Waals surface area contributed by atoms with Gasteiger partial charge in [0, 0.05) is 28.7 Å². The number of carbonyl (C=O) groups excluding carboxylic acids is 2. The molecule has 3 atom stereocenters. The Bertz CT molecular complexity index is 754. The molecule has 2 saturated heterocycles. The molecular weight excluding hydrogens is 322 g/mol. The van der Waals surface area contributed by atoms with Crippen LogP contribution in [0.4, 0.5) is 0 Å². The van der Waals surface area contributed by atoms with E-state index in [4.69, 9.17) is 0 Å². The van der Waals surface area contributed by atoms with Crippen LogP contribution in [-0.4, -0.2) is 41.4 Å². The fraction of sp³-hybridized carbons (Fsp3) is 0.444. The fourth-order valence-electron chi connectivity index (χ4n) is 3.65. The highest BCUT2D eigenvalue weighted by Gasteiger charge is 2.45. The number of amides is 2. The molecular formula is C18H21N3O2S. The molecule has 0 spiro atoms. The van der Waals surface area contributed by atoms with Gasteiger partial charge in [-0.1, -0.05) is 25.1 Å². The van der Waals surface area contributed by atoms with E-state index in [0.29, 0.717) is 19.4 Å². The van der Waals surface area contributed by atoms with Crippen LogP contribution in [0.3, 0.4) is 0 Å². The average molecular weight is 343 g/mol. The molecule has 2 amide bonds. The van der Waals surface area contributed by atoms with Crippen molar-refractivity contribution in [3.63, 3.8) is 0 Å². The Kier molecular flexibility index (Phi) is 4.02. The standard InChI is InChI=1S/C18H21N3O2S/c1-2-14-18(23)21-10-12(8-15(21)17(22)20-14)19-9-13-7-11-5-3-4-6-16(11)24-13/h3-7,12,14-15,19H,2,8-10H2,1H3,(H,20,22)/t12-,14-,15-/m0/s1. The molecule has 0 unspecified atom stereocenters. The first-order valence-electron chi connectivity index (χ1n) is 8.47. The molecule has 2 aliphatic heterocycles. The lowest BCUT2D eigenvalue weighted by Crippen LogP contribution is -2.60. The summed E-state index contributed by atoms with van der Waals surface area (Å²) in [4.78, 5) is 27.6. The van der Waals surface area contributed by atoms with Crippen LogP contribution in [0.15, 0.2) is 30.3 Å². The normalized spacial score (nSPS) is 26.7. The molecule has 0 aliphatic carbocycles. The molecule has 4 rings (SSSR count). The van der Waals surface area contributed by atoms with E-state index in [1.165, 1.54) is 15.0 Å². The highest BCUT2D eigenvalue weighted by Crippen LogP contribution is 2.27. The Morgan fingerprint density at radius 2 is 2.17 bits per heavy atom. The number of piperazine rings is 1. The molecule has 2 fully saturated rings. The molecule has 1 aromatic carbocycles. The van der Waals surface area contributed by atoms with Gasteiger partial charge in [-0.2, -0.15) is 0 Å². The largest absolute Gasteiger partial charge is 0.343 e. The quantitative estimate of drug-likeness (QED) is 0.891. The predicted octanol–water partition coefficient (Wildman–Crippen LogP) is 1.87. The minimum atomic E-state index is -0.352. The van der Waals surface area contributed by atoms with Crippen LogP contribution >= 0.6 is 11.3 Å². The fourth-order valence-corrected chi connectivity index (χ4v) is 4.67. The van der Waals surface area contributed by atoms with Crippen molar-refractivity contribution in [2.75, 3.05) is 6.54 Å². The third-order valence-electron chi connectivity index (χ3n) is 4.95. The molecule has 0 saturated carbocycles. The van der Waals surface area contributed by atoms with Crippen LogP contribution in [0, 0.1) is 0 Å². The zero-order valence-corrected chi connectivity index (χ0v) is 14.4. The topological polar surface area (TPSA) is 61.4 Å². The average Bonchev–Trinajstić information content (AvgIpc) is 3.20. The summed E-state index contributed by atoms with van der Waals surface area (Å²) in [6, 6.07) is 10.1. The highest BCUT2D eigenvalue weighted by molar-refractivity contribution is 7.19. The maximum absolute atomic E-state index is 12.4. The van der Waals surface area contributed by atoms with Crippen molar-refractivity contribution >= 4 is 33.2 Å². The van der Waals surface area contributed by atoms with E-state index in [-0.39, 0.29) is 29.9 Å². The zero-order chi connectivity index (χ0) is 16.7. The number of benzene rings is 1. The van der Waals surface area contributed by atoms with Gasteiger partial charge in [-0.25, -0.2) is 0 Å². The number of nitrogens with zero attached hydrogens (tertiary/aromatic N) is 1. The summed E-state index contributed by atoms with van der Waals surface area (Å²) in [6.45, 7) is 3.33. The lowest BCUT2D eigenvalue weighted by molar-refractivity contribution is -0.147. The van der Waals surface area contributed by atoms with E-state index in [9.17, 15) is 9.59 Å². The molecule has 5 nitrogen and oxygen atoms in total. The summed E-state index contributed by atoms with van der Waals surface area (Å²) < 4.78 is 1.29. The molecule has 0 bridgehead atoms. The lowest BCUT2D eigenvalue weighted by atomic mass is 10.1. The Hall–Kier alpha value is -1.92. The smallest absolute Gasteiger partial charge is 0.245 e. The van der Waals surface area contributed by atoms with Crippen molar-refractivity contribution in [3.05, 3.63) is 35.2 Å². The van der Waals surface area contributed by atoms with Crippen LogP contribution in [0.5, 0.6) is 0 Å². The number of carbonyl (C=O) groups is 2. The van der Waals surface area contributed by atoms with Gasteiger partial charge < -0.3 is 15.5 Å². The van der Waals surface area contributed by atoms with E-state index in [2.05, 4.69) is 41.0 Å². The van der Waals surface area contributed by atoms with Gasteiger partial charge in [-0.15, -0.1) is 11.3 Å². The molecule has 2 N–H and O–H groups in total. The first-order valence-corrected chi connectivity index (χ1v) is 9.29. The Morgan fingerprint density at radius 1 is 1.33 bits per heavy atom. The second-order valence-electron chi connectivity index (χ2n) is 6.54. The Morgan fingerprint density at radius 3 is 2.96 bits per heavy atom. The molecule has 0 radical (unpaired) electrons. The van der Waals surface area contributed by atoms with Crippen molar-refractivity contribution in [1.82, 2.24) is 15.5 Å². The van der Waals surface area contributed by atoms with Crippen LogP contribution < -0.4 is 10.6 Å². The maximum atomic E-state index is 12.4. The first kappa shape index (κ1) is 15.6. The Labute approximate surface area is 145 Å². The first-order chi connectivity index (χ1) is 11.7. The second kappa shape index (κ2) is 6.18. The minimum absolute atomic E-state index is 0.00684. The van der Waals surface area contributed by atoms with E-state index < -0.39 is 0 Å². The number of fused-ring (bicyclic) bond motifs is 2. The number of hydrogen-bond acceptors (Lipinski definition) is 4. The molecule has 3 heterocycles. The molecule has 24 heavy (non-hydrogen) atoms. The van der Waals surface area contributed by atoms with Crippen molar-refractivity contribution in [1.29, 1.82) is 0 Å². The second-order valence-corrected chi connectivity index (χ2v) is 7.71. The van der Waals surface area contributed by atoms with Gasteiger partial charge in [0.25, 0.3) is 0 Å². The minimum Gasteiger partial charge on any atom is -0.343 e. The van der Waals surface area contributed by atoms with Gasteiger partial charge in [-0.3, -0.25) is 9.59 Å². The zero-order valence-electron chi connectivity index (χ0n) is 13.6. The Balaban J connectivity index is 1.41. The van der Waals surface area contributed by atoms with Gasteiger partial charge in [0.05, 0.1) is 0 Å². The third-order valence-corrected chi connectivity index (χ3v) is 6.07. The third kappa shape index (κ3) is 2.70. The summed E-state index contributed by atoms with van der Waals surface area (Å²) in [5, 5.41) is 7.64. The molecule has 2 aliphatic rings. The highest BCUT2D eigenvalue weighted by atomic mass is 32.1. The number of thiophene rings is 1. The maximum Gasteiger partial charge on any atom is 0.245 e. The van der Waals surface area contributed by atoms with E-state index in [1.54, 1.807) is 16.2 Å². The molecule has 1 aromatic heterocycles. The number of hydrogen-bond donors (Lipinski definition) is 2. The van der Waals surface area contributed by atoms with Crippen molar-refractivity contribution in [2.24, 2.45) is 0 Å². The van der Waals surface area contributed by atoms with Crippen molar-refractivity contribution in [2.45, 2.75) is 44.4 Å². The molecule has 6 heteroatoms. The summed E-state index contributed by atoms with van der Waals surface area (Å²) in [5.41, 5.74) is 0. The summed E-state index contributed by atoms with van der Waals surface area (Å²) in [7, 11) is 0. The summed E-state index contributed by atoms with van der Waals surface area (Å²) in [6.07, 6.45) is 1.34. The predicted molar refractivity (Wildman–Crippen MR) is 94.8 cm³/mol. The van der Waals surface area contributed by atoms with Gasteiger partial charge >= 0.3 is 0 Å². The SMILES string of the molecule is CC[C@@H]1NC(=O)[C@@H]2C[C@H](NCc3cc4ccccc4s3)CN2C1=O. The van der Waals surface area contributed by atoms with Crippen LogP contribution in [-0.2, 0) is 16.1 Å². The van der Waals surface area contributed by atoms with Crippen LogP contribution in [0.2, 0.25) is 0 Å². The summed E-state index contributed by atoms with van der Waals surface area (Å²) in [5.74, 6) is 0.0564. The van der Waals surface area contributed by atoms with Crippen molar-refractivity contribution < 1.29 is 9.59 Å². The van der Waals surface area contributed by atoms with Gasteiger partial charge in [-0.05, 0) is 30.4 Å². The monoisotopic (exact) mass is 343 g/mol. The number of rotatable bonds is 4. The molecule has 2 aromatic rings. The number of nitrogens with one attached hydrogen (secondary N) is 2. The van der Waals surface area contributed by atoms with Crippen LogP contribution in [0.25, 0.3) is 10.1 Å².